The number of hydrogen-bond donors (Lipinski definition) is 1. The molecule has 102 valence electrons. The van der Waals surface area contributed by atoms with Crippen molar-refractivity contribution in [2.75, 3.05) is 13.7 Å². The van der Waals surface area contributed by atoms with Gasteiger partial charge in [0.1, 0.15) is 0 Å². The van der Waals surface area contributed by atoms with Crippen molar-refractivity contribution in [1.82, 2.24) is 19.5 Å². The van der Waals surface area contributed by atoms with Gasteiger partial charge in [-0.15, -0.1) is 0 Å². The molecule has 0 spiro atoms. The van der Waals surface area contributed by atoms with Crippen molar-refractivity contribution < 1.29 is 4.74 Å². The first kappa shape index (κ1) is 12.6. The highest BCUT2D eigenvalue weighted by molar-refractivity contribution is 5.77. The first-order valence-electron chi connectivity index (χ1n) is 6.27. The van der Waals surface area contributed by atoms with Crippen molar-refractivity contribution in [3.63, 3.8) is 0 Å². The van der Waals surface area contributed by atoms with E-state index in [0.29, 0.717) is 18.8 Å². The van der Waals surface area contributed by atoms with Gasteiger partial charge in [-0.05, 0) is 23.8 Å². The Balaban J connectivity index is 2.07. The lowest BCUT2D eigenvalue weighted by atomic mass is 10.1. The Labute approximate surface area is 115 Å². The van der Waals surface area contributed by atoms with Crippen LogP contribution in [0.1, 0.15) is 0 Å². The van der Waals surface area contributed by atoms with Crippen molar-refractivity contribution in [2.45, 2.75) is 6.54 Å². The van der Waals surface area contributed by atoms with Crippen LogP contribution in [0.3, 0.4) is 0 Å². The zero-order valence-electron chi connectivity index (χ0n) is 11.0. The summed E-state index contributed by atoms with van der Waals surface area (Å²) in [7, 11) is 1.61. The Morgan fingerprint density at radius 2 is 2.10 bits per heavy atom. The van der Waals surface area contributed by atoms with Crippen molar-refractivity contribution in [2.24, 2.45) is 0 Å². The van der Waals surface area contributed by atoms with Gasteiger partial charge in [0, 0.05) is 31.3 Å². The minimum atomic E-state index is -0.170. The lowest BCUT2D eigenvalue weighted by Gasteiger charge is -2.03. The molecule has 6 heteroatoms. The second-order valence-corrected chi connectivity index (χ2v) is 4.41. The second-order valence-electron chi connectivity index (χ2n) is 4.41. The molecule has 1 N–H and O–H groups in total. The maximum Gasteiger partial charge on any atom is 0.327 e. The molecule has 0 saturated carbocycles. The molecule has 3 aromatic heterocycles. The van der Waals surface area contributed by atoms with Gasteiger partial charge in [0.25, 0.3) is 0 Å². The summed E-state index contributed by atoms with van der Waals surface area (Å²) in [5, 5.41) is 0. The SMILES string of the molecule is COCCn1c(=O)[nH]c2cc(-c3ccncc3)cnc21. The lowest BCUT2D eigenvalue weighted by molar-refractivity contribution is 0.187. The molecule has 3 heterocycles. The summed E-state index contributed by atoms with van der Waals surface area (Å²) in [5.74, 6) is 0. The van der Waals surface area contributed by atoms with Crippen LogP contribution in [0.5, 0.6) is 0 Å². The van der Waals surface area contributed by atoms with E-state index < -0.39 is 0 Å². The molecule has 3 aromatic rings. The first-order valence-corrected chi connectivity index (χ1v) is 6.27. The van der Waals surface area contributed by atoms with Crippen molar-refractivity contribution in [3.8, 4) is 11.1 Å². The number of rotatable bonds is 4. The summed E-state index contributed by atoms with van der Waals surface area (Å²) in [6.45, 7) is 0.956. The zero-order valence-corrected chi connectivity index (χ0v) is 11.0. The Morgan fingerprint density at radius 3 is 2.85 bits per heavy atom. The minimum Gasteiger partial charge on any atom is -0.383 e. The number of methoxy groups -OCH3 is 1. The van der Waals surface area contributed by atoms with E-state index in [2.05, 4.69) is 15.0 Å². The maximum absolute atomic E-state index is 11.9. The molecule has 20 heavy (non-hydrogen) atoms. The smallest absolute Gasteiger partial charge is 0.327 e. The first-order chi connectivity index (χ1) is 9.79. The number of aromatic nitrogens is 4. The summed E-state index contributed by atoms with van der Waals surface area (Å²) in [5.41, 5.74) is 3.15. The van der Waals surface area contributed by atoms with Gasteiger partial charge >= 0.3 is 5.69 Å². The number of imidazole rings is 1. The quantitative estimate of drug-likeness (QED) is 0.778. The molecule has 0 aliphatic carbocycles. The van der Waals surface area contributed by atoms with Gasteiger partial charge in [-0.2, -0.15) is 0 Å². The zero-order chi connectivity index (χ0) is 13.9. The molecule has 0 aliphatic rings. The molecule has 3 rings (SSSR count). The molecule has 0 atom stereocenters. The number of aromatic amines is 1. The van der Waals surface area contributed by atoms with Crippen LogP contribution >= 0.6 is 0 Å². The third-order valence-corrected chi connectivity index (χ3v) is 3.14. The van der Waals surface area contributed by atoms with Crippen LogP contribution in [-0.2, 0) is 11.3 Å². The molecule has 6 nitrogen and oxygen atoms in total. The number of pyridine rings is 2. The average molecular weight is 270 g/mol. The Kier molecular flexibility index (Phi) is 3.30. The maximum atomic E-state index is 11.9. The van der Waals surface area contributed by atoms with Crippen molar-refractivity contribution in [1.29, 1.82) is 0 Å². The predicted molar refractivity (Wildman–Crippen MR) is 75.5 cm³/mol. The summed E-state index contributed by atoms with van der Waals surface area (Å²) < 4.78 is 6.58. The molecule has 0 amide bonds. The minimum absolute atomic E-state index is 0.170. The Hall–Kier alpha value is -2.47. The van der Waals surface area contributed by atoms with Gasteiger partial charge in [0.05, 0.1) is 18.7 Å². The highest BCUT2D eigenvalue weighted by atomic mass is 16.5. The van der Waals surface area contributed by atoms with Gasteiger partial charge in [0.15, 0.2) is 5.65 Å². The predicted octanol–water partition coefficient (Wildman–Crippen LogP) is 1.43. The second kappa shape index (κ2) is 5.26. The number of nitrogens with one attached hydrogen (secondary N) is 1. The third-order valence-electron chi connectivity index (χ3n) is 3.14. The van der Waals surface area contributed by atoms with E-state index in [4.69, 9.17) is 4.74 Å². The van der Waals surface area contributed by atoms with Crippen molar-refractivity contribution in [3.05, 3.63) is 47.3 Å². The molecule has 0 radical (unpaired) electrons. The van der Waals surface area contributed by atoms with E-state index in [1.165, 1.54) is 0 Å². The van der Waals surface area contributed by atoms with Crippen LogP contribution in [0.2, 0.25) is 0 Å². The Bertz CT molecular complexity index is 777. The van der Waals surface area contributed by atoms with E-state index in [1.54, 1.807) is 30.3 Å². The number of H-pyrrole nitrogens is 1. The van der Waals surface area contributed by atoms with Gasteiger partial charge in [-0.25, -0.2) is 9.78 Å². The largest absolute Gasteiger partial charge is 0.383 e. The van der Waals surface area contributed by atoms with Gasteiger partial charge in [-0.3, -0.25) is 9.55 Å². The normalized spacial score (nSPS) is 11.1. The monoisotopic (exact) mass is 270 g/mol. The van der Waals surface area contributed by atoms with Crippen molar-refractivity contribution >= 4 is 11.2 Å². The van der Waals surface area contributed by atoms with Crippen LogP contribution in [-0.4, -0.2) is 33.2 Å². The fraction of sp³-hybridized carbons (Fsp3) is 0.214. The molecule has 0 aromatic carbocycles. The van der Waals surface area contributed by atoms with Crippen LogP contribution in [0, 0.1) is 0 Å². The molecule has 0 bridgehead atoms. The third kappa shape index (κ3) is 2.21. The molecule has 0 unspecified atom stereocenters. The molecule has 0 fully saturated rings. The van der Waals surface area contributed by atoms with E-state index in [0.717, 1.165) is 16.6 Å². The summed E-state index contributed by atoms with van der Waals surface area (Å²) in [6, 6.07) is 5.73. The number of hydrogen-bond acceptors (Lipinski definition) is 4. The van der Waals surface area contributed by atoms with E-state index in [1.807, 2.05) is 18.2 Å². The average Bonchev–Trinajstić information content (AvgIpc) is 2.80. The van der Waals surface area contributed by atoms with Crippen LogP contribution in [0.4, 0.5) is 0 Å². The van der Waals surface area contributed by atoms with E-state index in [9.17, 15) is 4.79 Å². The summed E-state index contributed by atoms with van der Waals surface area (Å²) >= 11 is 0. The van der Waals surface area contributed by atoms with Gasteiger partial charge in [0.2, 0.25) is 0 Å². The molecule has 0 aliphatic heterocycles. The fourth-order valence-corrected chi connectivity index (χ4v) is 2.14. The number of nitrogens with zero attached hydrogens (tertiary/aromatic N) is 3. The highest BCUT2D eigenvalue weighted by Gasteiger charge is 2.09. The lowest BCUT2D eigenvalue weighted by Crippen LogP contribution is -2.19. The highest BCUT2D eigenvalue weighted by Crippen LogP contribution is 2.20. The number of fused-ring (bicyclic) bond motifs is 1. The topological polar surface area (TPSA) is 72.8 Å². The van der Waals surface area contributed by atoms with Gasteiger partial charge in [-0.1, -0.05) is 0 Å². The number of ether oxygens (including phenoxy) is 1. The molecular formula is C14H14N4O2. The van der Waals surface area contributed by atoms with E-state index in [-0.39, 0.29) is 5.69 Å². The fourth-order valence-electron chi connectivity index (χ4n) is 2.14. The molecular weight excluding hydrogens is 256 g/mol. The van der Waals surface area contributed by atoms with Crippen LogP contribution in [0.25, 0.3) is 22.3 Å². The van der Waals surface area contributed by atoms with Gasteiger partial charge < -0.3 is 9.72 Å². The van der Waals surface area contributed by atoms with E-state index >= 15 is 0 Å². The molecule has 0 saturated heterocycles. The Morgan fingerprint density at radius 1 is 1.30 bits per heavy atom. The standard InChI is InChI=1S/C14H14N4O2/c1-20-7-6-18-13-12(17-14(18)19)8-11(9-16-13)10-2-4-15-5-3-10/h2-5,8-9H,6-7H2,1H3,(H,17,19). The summed E-state index contributed by atoms with van der Waals surface area (Å²) in [4.78, 5) is 23.1. The van der Waals surface area contributed by atoms with Crippen LogP contribution in [0.15, 0.2) is 41.6 Å². The summed E-state index contributed by atoms with van der Waals surface area (Å²) in [6.07, 6.45) is 5.21. The van der Waals surface area contributed by atoms with Crippen LogP contribution < -0.4 is 5.69 Å².